The Morgan fingerprint density at radius 1 is 1.12 bits per heavy atom. The molecule has 0 aliphatic carbocycles. The van der Waals surface area contributed by atoms with Gasteiger partial charge in [0.2, 0.25) is 11.8 Å². The maximum atomic E-state index is 13.8. The molecule has 10 heteroatoms. The summed E-state index contributed by atoms with van der Waals surface area (Å²) in [5, 5.41) is 11.6. The third-order valence-electron chi connectivity index (χ3n) is 5.19. The number of methoxy groups -OCH3 is 1. The molecule has 0 fully saturated rings. The molecule has 0 aliphatic heterocycles. The third kappa shape index (κ3) is 5.22. The lowest BCUT2D eigenvalue weighted by Crippen LogP contribution is -2.46. The van der Waals surface area contributed by atoms with E-state index in [1.54, 1.807) is 55.9 Å². The van der Waals surface area contributed by atoms with Gasteiger partial charge in [0.1, 0.15) is 18.1 Å². The zero-order valence-electron chi connectivity index (χ0n) is 18.5. The quantitative estimate of drug-likeness (QED) is 0.371. The summed E-state index contributed by atoms with van der Waals surface area (Å²) < 4.78 is 6.57. The van der Waals surface area contributed by atoms with Gasteiger partial charge in [-0.2, -0.15) is 0 Å². The monoisotopic (exact) mass is 478 g/mol. The Balaban J connectivity index is 1.75. The van der Waals surface area contributed by atoms with Crippen LogP contribution in [0.2, 0.25) is 5.02 Å². The van der Waals surface area contributed by atoms with Crippen LogP contribution >= 0.6 is 11.6 Å². The fourth-order valence-corrected chi connectivity index (χ4v) is 3.73. The maximum absolute atomic E-state index is 13.8. The number of ether oxygens (including phenoxy) is 1. The molecule has 0 spiro atoms. The second-order valence-corrected chi connectivity index (χ2v) is 7.89. The van der Waals surface area contributed by atoms with Gasteiger partial charge >= 0.3 is 0 Å². The number of para-hydroxylation sites is 1. The topological polar surface area (TPSA) is 102 Å². The van der Waals surface area contributed by atoms with E-state index in [0.29, 0.717) is 34.9 Å². The van der Waals surface area contributed by atoms with Crippen LogP contribution in [-0.2, 0) is 20.9 Å². The molecular formula is C24H23ClN6O3. The number of carbonyl (C=O) groups is 2. The number of halogens is 1. The number of fused-ring (bicyclic) bond motifs is 1. The van der Waals surface area contributed by atoms with Crippen molar-refractivity contribution in [2.75, 3.05) is 25.2 Å². The Morgan fingerprint density at radius 3 is 2.65 bits per heavy atom. The summed E-state index contributed by atoms with van der Waals surface area (Å²) in [5.41, 5.74) is 2.46. The highest BCUT2D eigenvalue weighted by Gasteiger charge is 2.33. The summed E-state index contributed by atoms with van der Waals surface area (Å²) in [7, 11) is 1.55. The van der Waals surface area contributed by atoms with Gasteiger partial charge in [0.15, 0.2) is 0 Å². The average Bonchev–Trinajstić information content (AvgIpc) is 3.26. The zero-order valence-corrected chi connectivity index (χ0v) is 19.2. The molecule has 0 bridgehead atoms. The lowest BCUT2D eigenvalue weighted by atomic mass is 10.0. The molecule has 0 radical (unpaired) electrons. The molecule has 2 amide bonds. The normalized spacial score (nSPS) is 11.8. The van der Waals surface area contributed by atoms with E-state index >= 15 is 0 Å². The van der Waals surface area contributed by atoms with Crippen LogP contribution in [0.4, 0.5) is 5.69 Å². The van der Waals surface area contributed by atoms with Gasteiger partial charge in [-0.1, -0.05) is 35.0 Å². The number of nitrogens with zero attached hydrogens (tertiary/aromatic N) is 5. The zero-order chi connectivity index (χ0) is 23.9. The van der Waals surface area contributed by atoms with E-state index in [0.717, 1.165) is 5.52 Å². The molecule has 2 heterocycles. The molecule has 174 valence electrons. The van der Waals surface area contributed by atoms with Crippen molar-refractivity contribution in [3.8, 4) is 0 Å². The van der Waals surface area contributed by atoms with Gasteiger partial charge in [-0.25, -0.2) is 4.68 Å². The van der Waals surface area contributed by atoms with Crippen LogP contribution in [0.1, 0.15) is 11.6 Å². The predicted octanol–water partition coefficient (Wildman–Crippen LogP) is 3.02. The number of nitrogens with one attached hydrogen (secondary N) is 1. The van der Waals surface area contributed by atoms with Gasteiger partial charge in [0.05, 0.1) is 12.1 Å². The molecule has 2 aromatic carbocycles. The van der Waals surface area contributed by atoms with Gasteiger partial charge in [-0.05, 0) is 42.5 Å². The van der Waals surface area contributed by atoms with Gasteiger partial charge in [-0.15, -0.1) is 5.10 Å². The summed E-state index contributed by atoms with van der Waals surface area (Å²) in [6.07, 6.45) is 3.18. The fourth-order valence-electron chi connectivity index (χ4n) is 3.61. The first kappa shape index (κ1) is 23.3. The number of rotatable bonds is 9. The number of hydrogen-bond acceptors (Lipinski definition) is 6. The van der Waals surface area contributed by atoms with E-state index < -0.39 is 6.04 Å². The van der Waals surface area contributed by atoms with Crippen LogP contribution in [0.3, 0.4) is 0 Å². The van der Waals surface area contributed by atoms with E-state index in [-0.39, 0.29) is 18.4 Å². The Morgan fingerprint density at radius 2 is 1.91 bits per heavy atom. The highest BCUT2D eigenvalue weighted by Crippen LogP contribution is 2.29. The summed E-state index contributed by atoms with van der Waals surface area (Å²) in [5.74, 6) is -0.717. The summed E-state index contributed by atoms with van der Waals surface area (Å²) in [6, 6.07) is 16.6. The molecule has 0 unspecified atom stereocenters. The Kier molecular flexibility index (Phi) is 7.46. The molecular weight excluding hydrogens is 456 g/mol. The van der Waals surface area contributed by atoms with E-state index in [4.69, 9.17) is 16.3 Å². The van der Waals surface area contributed by atoms with E-state index in [1.165, 1.54) is 9.58 Å². The van der Waals surface area contributed by atoms with Gasteiger partial charge < -0.3 is 10.1 Å². The van der Waals surface area contributed by atoms with E-state index in [9.17, 15) is 9.59 Å². The SMILES string of the molecule is COCCNC(=O)[C@H](c1cccnc1)N(C(=O)Cn1nnc2ccccc21)c1ccc(Cl)cc1. The number of benzene rings is 2. The summed E-state index contributed by atoms with van der Waals surface area (Å²) in [6.45, 7) is 0.513. The number of pyridine rings is 1. The van der Waals surface area contributed by atoms with E-state index in [1.807, 2.05) is 24.3 Å². The lowest BCUT2D eigenvalue weighted by molar-refractivity contribution is -0.127. The highest BCUT2D eigenvalue weighted by molar-refractivity contribution is 6.30. The standard InChI is InChI=1S/C24H23ClN6O3/c1-34-14-13-27-24(33)23(17-5-4-12-26-15-17)31(19-10-8-18(25)9-11-19)22(32)16-30-21-7-3-2-6-20(21)28-29-30/h2-12,15,23H,13-14,16H2,1H3,(H,27,33)/t23-/m0/s1. The predicted molar refractivity (Wildman–Crippen MR) is 128 cm³/mol. The number of anilines is 1. The third-order valence-corrected chi connectivity index (χ3v) is 5.44. The summed E-state index contributed by atoms with van der Waals surface area (Å²) >= 11 is 6.09. The van der Waals surface area contributed by atoms with Crippen LogP contribution in [0.5, 0.6) is 0 Å². The highest BCUT2D eigenvalue weighted by atomic mass is 35.5. The molecule has 9 nitrogen and oxygen atoms in total. The van der Waals surface area contributed by atoms with Crippen LogP contribution in [0.25, 0.3) is 11.0 Å². The minimum absolute atomic E-state index is 0.120. The van der Waals surface area contributed by atoms with Crippen molar-refractivity contribution >= 4 is 40.1 Å². The second-order valence-electron chi connectivity index (χ2n) is 7.45. The number of hydrogen-bond donors (Lipinski definition) is 1. The molecule has 34 heavy (non-hydrogen) atoms. The second kappa shape index (κ2) is 10.9. The van der Waals surface area contributed by atoms with Gasteiger partial charge in [0.25, 0.3) is 0 Å². The van der Waals surface area contributed by atoms with Crippen molar-refractivity contribution < 1.29 is 14.3 Å². The van der Waals surface area contributed by atoms with E-state index in [2.05, 4.69) is 20.6 Å². The number of aromatic nitrogens is 4. The molecule has 2 aromatic heterocycles. The van der Waals surface area contributed by atoms with Crippen molar-refractivity contribution in [2.45, 2.75) is 12.6 Å². The molecule has 1 N–H and O–H groups in total. The first-order valence-electron chi connectivity index (χ1n) is 10.6. The van der Waals surface area contributed by atoms with Crippen molar-refractivity contribution in [3.05, 3.63) is 83.6 Å². The van der Waals surface area contributed by atoms with Crippen LogP contribution in [-0.4, -0.2) is 52.1 Å². The largest absolute Gasteiger partial charge is 0.383 e. The first-order chi connectivity index (χ1) is 16.6. The van der Waals surface area contributed by atoms with Crippen LogP contribution in [0, 0.1) is 0 Å². The van der Waals surface area contributed by atoms with Gasteiger partial charge in [-0.3, -0.25) is 19.5 Å². The number of amides is 2. The van der Waals surface area contributed by atoms with Crippen molar-refractivity contribution in [3.63, 3.8) is 0 Å². The van der Waals surface area contributed by atoms with Crippen LogP contribution in [0.15, 0.2) is 73.1 Å². The smallest absolute Gasteiger partial charge is 0.249 e. The molecule has 4 rings (SSSR count). The Hall–Kier alpha value is -3.82. The average molecular weight is 479 g/mol. The van der Waals surface area contributed by atoms with Crippen LogP contribution < -0.4 is 10.2 Å². The Labute approximate surface area is 201 Å². The fraction of sp³-hybridized carbons (Fsp3) is 0.208. The van der Waals surface area contributed by atoms with Gasteiger partial charge in [0, 0.05) is 42.3 Å². The molecule has 0 saturated heterocycles. The molecule has 1 atom stereocenters. The van der Waals surface area contributed by atoms with Crippen molar-refractivity contribution in [1.29, 1.82) is 0 Å². The first-order valence-corrected chi connectivity index (χ1v) is 11.0. The summed E-state index contributed by atoms with van der Waals surface area (Å²) in [4.78, 5) is 32.7. The van der Waals surface area contributed by atoms with Crippen molar-refractivity contribution in [1.82, 2.24) is 25.3 Å². The Bertz CT molecular complexity index is 1260. The minimum Gasteiger partial charge on any atom is -0.383 e. The number of carbonyl (C=O) groups excluding carboxylic acids is 2. The molecule has 4 aromatic rings. The lowest BCUT2D eigenvalue weighted by Gasteiger charge is -2.31. The minimum atomic E-state index is -0.978. The molecule has 0 aliphatic rings. The van der Waals surface area contributed by atoms with Crippen molar-refractivity contribution in [2.24, 2.45) is 0 Å². The molecule has 0 saturated carbocycles. The maximum Gasteiger partial charge on any atom is 0.249 e.